The van der Waals surface area contributed by atoms with Crippen LogP contribution in [0.4, 0.5) is 16.2 Å². The van der Waals surface area contributed by atoms with Gasteiger partial charge in [0, 0.05) is 50.6 Å². The van der Waals surface area contributed by atoms with E-state index < -0.39 is 0 Å². The van der Waals surface area contributed by atoms with Crippen LogP contribution in [0.3, 0.4) is 0 Å². The van der Waals surface area contributed by atoms with Gasteiger partial charge >= 0.3 is 6.03 Å². The van der Waals surface area contributed by atoms with Crippen molar-refractivity contribution >= 4 is 23.3 Å². The lowest BCUT2D eigenvalue weighted by molar-refractivity contribution is -0.128. The standard InChI is InChI=1S/C20H29N5O2/c21-16-5-3-6-17(15-16)23-13-11-22(12-14-23)8-4-10-25-19(26)18-7-1-2-9-24(18)20(25)27/h3,5-6,15,18H,1-2,4,7-14,21H2. The molecule has 1 aromatic rings. The molecule has 1 unspecified atom stereocenters. The molecule has 0 aromatic heterocycles. The summed E-state index contributed by atoms with van der Waals surface area (Å²) in [6.45, 7) is 6.13. The molecule has 3 heterocycles. The van der Waals surface area contributed by atoms with Gasteiger partial charge in [0.1, 0.15) is 6.04 Å². The first-order chi connectivity index (χ1) is 13.1. The lowest BCUT2D eigenvalue weighted by Gasteiger charge is -2.36. The molecule has 0 saturated carbocycles. The first kappa shape index (κ1) is 18.1. The van der Waals surface area contributed by atoms with Crippen molar-refractivity contribution in [3.8, 4) is 0 Å². The first-order valence-electron chi connectivity index (χ1n) is 10.1. The van der Waals surface area contributed by atoms with Crippen LogP contribution in [-0.2, 0) is 4.79 Å². The normalized spacial score (nSPS) is 23.9. The van der Waals surface area contributed by atoms with E-state index in [2.05, 4.69) is 15.9 Å². The predicted octanol–water partition coefficient (Wildman–Crippen LogP) is 1.60. The van der Waals surface area contributed by atoms with Gasteiger partial charge < -0.3 is 15.5 Å². The molecule has 7 heteroatoms. The van der Waals surface area contributed by atoms with Crippen LogP contribution >= 0.6 is 0 Å². The van der Waals surface area contributed by atoms with Crippen LogP contribution in [0.25, 0.3) is 0 Å². The van der Waals surface area contributed by atoms with Crippen molar-refractivity contribution in [3.05, 3.63) is 24.3 Å². The van der Waals surface area contributed by atoms with Crippen LogP contribution in [0.15, 0.2) is 24.3 Å². The molecule has 4 rings (SSSR count). The molecule has 0 bridgehead atoms. The summed E-state index contributed by atoms with van der Waals surface area (Å²) >= 11 is 0. The molecular weight excluding hydrogens is 342 g/mol. The van der Waals surface area contributed by atoms with E-state index in [4.69, 9.17) is 5.73 Å². The van der Waals surface area contributed by atoms with Gasteiger partial charge in [-0.2, -0.15) is 0 Å². The largest absolute Gasteiger partial charge is 0.399 e. The molecular formula is C20H29N5O2. The van der Waals surface area contributed by atoms with Crippen molar-refractivity contribution in [2.24, 2.45) is 0 Å². The number of nitrogens with two attached hydrogens (primary N) is 1. The maximum atomic E-state index is 12.5. The zero-order valence-electron chi connectivity index (χ0n) is 15.8. The lowest BCUT2D eigenvalue weighted by Crippen LogP contribution is -2.47. The van der Waals surface area contributed by atoms with Crippen LogP contribution in [0.5, 0.6) is 0 Å². The van der Waals surface area contributed by atoms with E-state index in [0.717, 1.165) is 70.6 Å². The van der Waals surface area contributed by atoms with Crippen LogP contribution in [0.2, 0.25) is 0 Å². The second-order valence-electron chi connectivity index (χ2n) is 7.75. The van der Waals surface area contributed by atoms with Gasteiger partial charge in [0.15, 0.2) is 0 Å². The molecule has 3 fully saturated rings. The number of fused-ring (bicyclic) bond motifs is 1. The maximum Gasteiger partial charge on any atom is 0.327 e. The van der Waals surface area contributed by atoms with E-state index in [9.17, 15) is 9.59 Å². The molecule has 0 aliphatic carbocycles. The molecule has 2 N–H and O–H groups in total. The van der Waals surface area contributed by atoms with E-state index in [1.807, 2.05) is 18.2 Å². The number of urea groups is 1. The van der Waals surface area contributed by atoms with Gasteiger partial charge in [-0.15, -0.1) is 0 Å². The van der Waals surface area contributed by atoms with Gasteiger partial charge in [-0.05, 0) is 50.4 Å². The number of hydrogen-bond acceptors (Lipinski definition) is 5. The quantitative estimate of drug-likeness (QED) is 0.629. The Kier molecular flexibility index (Phi) is 5.20. The third kappa shape index (κ3) is 3.74. The minimum Gasteiger partial charge on any atom is -0.399 e. The van der Waals surface area contributed by atoms with E-state index >= 15 is 0 Å². The van der Waals surface area contributed by atoms with Crippen molar-refractivity contribution in [1.82, 2.24) is 14.7 Å². The van der Waals surface area contributed by atoms with E-state index in [1.54, 1.807) is 4.90 Å². The molecule has 7 nitrogen and oxygen atoms in total. The Bertz CT molecular complexity index is 677. The van der Waals surface area contributed by atoms with Crippen LogP contribution < -0.4 is 10.6 Å². The average Bonchev–Trinajstić information content (AvgIpc) is 2.94. The van der Waals surface area contributed by atoms with Gasteiger partial charge in [0.2, 0.25) is 0 Å². The van der Waals surface area contributed by atoms with Crippen molar-refractivity contribution in [1.29, 1.82) is 0 Å². The highest BCUT2D eigenvalue weighted by Gasteiger charge is 2.45. The number of carbonyl (C=O) groups is 2. The number of hydrogen-bond donors (Lipinski definition) is 1. The Hall–Kier alpha value is -2.28. The smallest absolute Gasteiger partial charge is 0.327 e. The topological polar surface area (TPSA) is 73.1 Å². The SMILES string of the molecule is Nc1cccc(N2CCN(CCCN3C(=O)C4CCCCN4C3=O)CC2)c1. The molecule has 1 atom stereocenters. The highest BCUT2D eigenvalue weighted by molar-refractivity contribution is 6.04. The third-order valence-electron chi connectivity index (χ3n) is 5.99. The summed E-state index contributed by atoms with van der Waals surface area (Å²) in [4.78, 5) is 33.0. The average molecular weight is 371 g/mol. The van der Waals surface area contributed by atoms with Gasteiger partial charge in [0.05, 0.1) is 0 Å². The summed E-state index contributed by atoms with van der Waals surface area (Å²) in [5.74, 6) is 0.0196. The fourth-order valence-corrected chi connectivity index (χ4v) is 4.46. The summed E-state index contributed by atoms with van der Waals surface area (Å²) in [6, 6.07) is 7.77. The van der Waals surface area contributed by atoms with Crippen LogP contribution in [-0.4, -0.2) is 78.5 Å². The van der Waals surface area contributed by atoms with Gasteiger partial charge in [-0.3, -0.25) is 14.6 Å². The van der Waals surface area contributed by atoms with Gasteiger partial charge in [-0.25, -0.2) is 4.79 Å². The van der Waals surface area contributed by atoms with Crippen molar-refractivity contribution in [2.45, 2.75) is 31.7 Å². The minimum absolute atomic E-state index is 0.0196. The molecule has 1 aromatic carbocycles. The highest BCUT2D eigenvalue weighted by atomic mass is 16.2. The Morgan fingerprint density at radius 1 is 1.00 bits per heavy atom. The Morgan fingerprint density at radius 2 is 1.81 bits per heavy atom. The number of nitrogens with zero attached hydrogens (tertiary/aromatic N) is 4. The number of amides is 3. The molecule has 3 aliphatic rings. The zero-order valence-corrected chi connectivity index (χ0v) is 15.8. The summed E-state index contributed by atoms with van der Waals surface area (Å²) in [7, 11) is 0. The zero-order chi connectivity index (χ0) is 18.8. The monoisotopic (exact) mass is 371 g/mol. The molecule has 3 saturated heterocycles. The number of rotatable bonds is 5. The predicted molar refractivity (Wildman–Crippen MR) is 106 cm³/mol. The van der Waals surface area contributed by atoms with Crippen LogP contribution in [0.1, 0.15) is 25.7 Å². The number of imide groups is 1. The second kappa shape index (κ2) is 7.76. The molecule has 27 heavy (non-hydrogen) atoms. The number of carbonyl (C=O) groups excluding carboxylic acids is 2. The molecule has 0 radical (unpaired) electrons. The van der Waals surface area contributed by atoms with Gasteiger partial charge in [0.25, 0.3) is 5.91 Å². The Labute approximate surface area is 160 Å². The molecule has 3 amide bonds. The van der Waals surface area contributed by atoms with E-state index in [0.29, 0.717) is 6.54 Å². The molecule has 3 aliphatic heterocycles. The lowest BCUT2D eigenvalue weighted by atomic mass is 10.0. The molecule has 146 valence electrons. The summed E-state index contributed by atoms with van der Waals surface area (Å²) in [5.41, 5.74) is 7.86. The minimum atomic E-state index is -0.187. The number of anilines is 2. The second-order valence-corrected chi connectivity index (χ2v) is 7.75. The van der Waals surface area contributed by atoms with E-state index in [-0.39, 0.29) is 18.0 Å². The maximum absolute atomic E-state index is 12.5. The summed E-state index contributed by atoms with van der Waals surface area (Å²) in [5, 5.41) is 0. The van der Waals surface area contributed by atoms with Crippen molar-refractivity contribution < 1.29 is 9.59 Å². The summed E-state index contributed by atoms with van der Waals surface area (Å²) < 4.78 is 0. The number of nitrogen functional groups attached to an aromatic ring is 1. The Balaban J connectivity index is 1.23. The number of piperazine rings is 1. The fraction of sp³-hybridized carbons (Fsp3) is 0.600. The fourth-order valence-electron chi connectivity index (χ4n) is 4.46. The number of benzene rings is 1. The first-order valence-corrected chi connectivity index (χ1v) is 10.1. The molecule has 0 spiro atoms. The van der Waals surface area contributed by atoms with Crippen molar-refractivity contribution in [2.75, 3.05) is 56.4 Å². The number of piperidine rings is 1. The Morgan fingerprint density at radius 3 is 2.56 bits per heavy atom. The third-order valence-corrected chi connectivity index (χ3v) is 5.99. The van der Waals surface area contributed by atoms with Gasteiger partial charge in [-0.1, -0.05) is 6.07 Å². The summed E-state index contributed by atoms with van der Waals surface area (Å²) in [6.07, 6.45) is 3.73. The van der Waals surface area contributed by atoms with Crippen LogP contribution in [0, 0.1) is 0 Å². The highest BCUT2D eigenvalue weighted by Crippen LogP contribution is 2.26. The van der Waals surface area contributed by atoms with E-state index in [1.165, 1.54) is 10.6 Å². The van der Waals surface area contributed by atoms with Crippen molar-refractivity contribution in [3.63, 3.8) is 0 Å².